The molecule has 2 N–H and O–H groups in total. The van der Waals surface area contributed by atoms with Gasteiger partial charge in [-0.25, -0.2) is 4.98 Å². The van der Waals surface area contributed by atoms with Gasteiger partial charge in [-0.15, -0.1) is 0 Å². The predicted molar refractivity (Wildman–Crippen MR) is 71.9 cm³/mol. The maximum absolute atomic E-state index is 11.4. The van der Waals surface area contributed by atoms with Crippen LogP contribution in [0, 0.1) is 0 Å². The first-order valence-electron chi connectivity index (χ1n) is 5.74. The Morgan fingerprint density at radius 3 is 2.84 bits per heavy atom. The number of imidazole rings is 1. The number of carboxylic acid groups (broad SMARTS) is 1. The van der Waals surface area contributed by atoms with Gasteiger partial charge in [-0.2, -0.15) is 0 Å². The van der Waals surface area contributed by atoms with Crippen LogP contribution in [0.1, 0.15) is 5.82 Å². The molecule has 1 aromatic carbocycles. The number of aromatic amines is 1. The molecular formula is C13H11BrN2O3. The fourth-order valence-electron chi connectivity index (χ4n) is 2.03. The van der Waals surface area contributed by atoms with Crippen LogP contribution >= 0.6 is 15.9 Å². The highest BCUT2D eigenvalue weighted by molar-refractivity contribution is 9.10. The van der Waals surface area contributed by atoms with E-state index in [1.165, 1.54) is 0 Å². The Balaban J connectivity index is 1.98. The first-order valence-corrected chi connectivity index (χ1v) is 6.54. The van der Waals surface area contributed by atoms with E-state index in [-0.39, 0.29) is 13.2 Å². The van der Waals surface area contributed by atoms with Crippen LogP contribution in [0.4, 0.5) is 0 Å². The van der Waals surface area contributed by atoms with Crippen molar-refractivity contribution in [3.05, 3.63) is 40.8 Å². The van der Waals surface area contributed by atoms with Crippen molar-refractivity contribution in [2.24, 2.45) is 0 Å². The Kier molecular flexibility index (Phi) is 2.91. The molecule has 1 aromatic heterocycles. The van der Waals surface area contributed by atoms with Gasteiger partial charge < -0.3 is 14.8 Å². The summed E-state index contributed by atoms with van der Waals surface area (Å²) in [6.07, 6.45) is 1.65. The second kappa shape index (κ2) is 4.47. The fraction of sp³-hybridized carbons (Fsp3) is 0.231. The molecule has 0 atom stereocenters. The van der Waals surface area contributed by atoms with Crippen molar-refractivity contribution < 1.29 is 14.6 Å². The molecule has 0 amide bonds. The minimum Gasteiger partial charge on any atom is -0.480 e. The molecule has 6 heteroatoms. The van der Waals surface area contributed by atoms with Crippen LogP contribution in [-0.2, 0) is 14.9 Å². The highest BCUT2D eigenvalue weighted by atomic mass is 79.9. The Bertz CT molecular complexity index is 634. The summed E-state index contributed by atoms with van der Waals surface area (Å²) in [5.41, 5.74) is 0.724. The number of ether oxygens (including phenoxy) is 1. The maximum Gasteiger partial charge on any atom is 0.322 e. The Morgan fingerprint density at radius 1 is 1.47 bits per heavy atom. The number of rotatable bonds is 3. The van der Waals surface area contributed by atoms with Crippen LogP contribution in [-0.4, -0.2) is 34.3 Å². The molecule has 0 saturated carbocycles. The maximum atomic E-state index is 11.4. The van der Waals surface area contributed by atoms with Gasteiger partial charge in [0.05, 0.1) is 25.1 Å². The van der Waals surface area contributed by atoms with Gasteiger partial charge >= 0.3 is 5.97 Å². The first-order chi connectivity index (χ1) is 9.12. The minimum atomic E-state index is -1.02. The number of halogens is 1. The van der Waals surface area contributed by atoms with Gasteiger partial charge in [0.2, 0.25) is 0 Å². The zero-order chi connectivity index (χ0) is 13.5. The molecule has 0 aliphatic carbocycles. The van der Waals surface area contributed by atoms with Gasteiger partial charge in [-0.05, 0) is 12.1 Å². The minimum absolute atomic E-state index is 0.160. The van der Waals surface area contributed by atoms with Crippen LogP contribution in [0.25, 0.3) is 11.3 Å². The van der Waals surface area contributed by atoms with Crippen molar-refractivity contribution in [2.45, 2.75) is 5.41 Å². The number of benzene rings is 1. The van der Waals surface area contributed by atoms with Gasteiger partial charge in [0, 0.05) is 10.0 Å². The molecule has 19 heavy (non-hydrogen) atoms. The van der Waals surface area contributed by atoms with Crippen molar-refractivity contribution in [2.75, 3.05) is 13.2 Å². The molecule has 1 aliphatic rings. The molecule has 5 nitrogen and oxygen atoms in total. The smallest absolute Gasteiger partial charge is 0.322 e. The lowest BCUT2D eigenvalue weighted by Crippen LogP contribution is -2.53. The van der Waals surface area contributed by atoms with Crippen molar-refractivity contribution in [1.29, 1.82) is 0 Å². The Morgan fingerprint density at radius 2 is 2.26 bits per heavy atom. The van der Waals surface area contributed by atoms with E-state index in [0.717, 1.165) is 15.7 Å². The predicted octanol–water partition coefficient (Wildman–Crippen LogP) is 2.19. The molecular weight excluding hydrogens is 312 g/mol. The van der Waals surface area contributed by atoms with Gasteiger partial charge in [-0.3, -0.25) is 4.79 Å². The summed E-state index contributed by atoms with van der Waals surface area (Å²) in [5.74, 6) is -0.463. The number of hydrogen-bond donors (Lipinski definition) is 2. The summed E-state index contributed by atoms with van der Waals surface area (Å²) in [7, 11) is 0. The molecule has 2 aromatic rings. The second-order valence-electron chi connectivity index (χ2n) is 4.54. The first kappa shape index (κ1) is 12.4. The summed E-state index contributed by atoms with van der Waals surface area (Å²) < 4.78 is 6.00. The molecule has 1 fully saturated rings. The summed E-state index contributed by atoms with van der Waals surface area (Å²) in [6.45, 7) is 0.321. The van der Waals surface area contributed by atoms with Gasteiger partial charge in [0.15, 0.2) is 5.41 Å². The molecule has 0 unspecified atom stereocenters. The number of H-pyrrole nitrogens is 1. The van der Waals surface area contributed by atoms with Crippen LogP contribution in [0.2, 0.25) is 0 Å². The number of aromatic nitrogens is 2. The van der Waals surface area contributed by atoms with Crippen molar-refractivity contribution in [3.63, 3.8) is 0 Å². The van der Waals surface area contributed by atoms with E-state index in [1.807, 2.05) is 24.3 Å². The molecule has 1 saturated heterocycles. The summed E-state index contributed by atoms with van der Waals surface area (Å²) in [5, 5.41) is 9.31. The number of nitrogens with one attached hydrogen (secondary N) is 1. The summed E-state index contributed by atoms with van der Waals surface area (Å²) in [6, 6.07) is 7.73. The van der Waals surface area contributed by atoms with E-state index >= 15 is 0 Å². The standard InChI is InChI=1S/C13H11BrN2O3/c14-9-3-1-2-8(4-9)10-5-15-11(16-10)13(12(17)18)6-19-7-13/h1-5H,6-7H2,(H,15,16)(H,17,18). The van der Waals surface area contributed by atoms with E-state index in [1.54, 1.807) is 6.20 Å². The number of aliphatic carboxylic acids is 1. The molecule has 0 bridgehead atoms. The molecule has 0 radical (unpaired) electrons. The van der Waals surface area contributed by atoms with E-state index < -0.39 is 11.4 Å². The van der Waals surface area contributed by atoms with Crippen LogP contribution in [0.15, 0.2) is 34.9 Å². The second-order valence-corrected chi connectivity index (χ2v) is 5.45. The number of carboxylic acids is 1. The monoisotopic (exact) mass is 322 g/mol. The average Bonchev–Trinajstić information content (AvgIpc) is 2.76. The molecule has 3 rings (SSSR count). The van der Waals surface area contributed by atoms with Gasteiger partial charge in [0.1, 0.15) is 5.82 Å². The lowest BCUT2D eigenvalue weighted by molar-refractivity contribution is -0.163. The number of carbonyl (C=O) groups is 1. The third kappa shape index (κ3) is 1.97. The Labute approximate surface area is 117 Å². The van der Waals surface area contributed by atoms with Crippen LogP contribution in [0.5, 0.6) is 0 Å². The molecule has 2 heterocycles. The van der Waals surface area contributed by atoms with Crippen LogP contribution < -0.4 is 0 Å². The van der Waals surface area contributed by atoms with Crippen molar-refractivity contribution >= 4 is 21.9 Å². The SMILES string of the molecule is O=C(O)C1(c2ncc(-c3cccc(Br)c3)[nH]2)COC1. The number of hydrogen-bond acceptors (Lipinski definition) is 3. The largest absolute Gasteiger partial charge is 0.480 e. The van der Waals surface area contributed by atoms with E-state index in [9.17, 15) is 9.90 Å². The molecule has 1 aliphatic heterocycles. The third-order valence-corrected chi connectivity index (χ3v) is 3.76. The summed E-state index contributed by atoms with van der Waals surface area (Å²) >= 11 is 3.41. The normalized spacial score (nSPS) is 16.9. The zero-order valence-electron chi connectivity index (χ0n) is 9.89. The van der Waals surface area contributed by atoms with Gasteiger partial charge in [0.25, 0.3) is 0 Å². The lowest BCUT2D eigenvalue weighted by atomic mass is 9.85. The lowest BCUT2D eigenvalue weighted by Gasteiger charge is -2.35. The fourth-order valence-corrected chi connectivity index (χ4v) is 2.43. The van der Waals surface area contributed by atoms with Gasteiger partial charge in [-0.1, -0.05) is 28.1 Å². The average molecular weight is 323 g/mol. The molecule has 0 spiro atoms. The topological polar surface area (TPSA) is 75.2 Å². The van der Waals surface area contributed by atoms with E-state index in [2.05, 4.69) is 25.9 Å². The third-order valence-electron chi connectivity index (χ3n) is 3.27. The quantitative estimate of drug-likeness (QED) is 0.908. The highest BCUT2D eigenvalue weighted by Crippen LogP contribution is 2.32. The number of nitrogens with zero attached hydrogens (tertiary/aromatic N) is 1. The van der Waals surface area contributed by atoms with Crippen molar-refractivity contribution in [3.8, 4) is 11.3 Å². The molecule has 98 valence electrons. The van der Waals surface area contributed by atoms with E-state index in [0.29, 0.717) is 5.82 Å². The summed E-state index contributed by atoms with van der Waals surface area (Å²) in [4.78, 5) is 18.7. The van der Waals surface area contributed by atoms with Crippen molar-refractivity contribution in [1.82, 2.24) is 9.97 Å². The highest BCUT2D eigenvalue weighted by Gasteiger charge is 2.50. The Hall–Kier alpha value is -1.66. The van der Waals surface area contributed by atoms with Crippen LogP contribution in [0.3, 0.4) is 0 Å². The zero-order valence-corrected chi connectivity index (χ0v) is 11.5. The van der Waals surface area contributed by atoms with E-state index in [4.69, 9.17) is 4.74 Å².